The van der Waals surface area contributed by atoms with Crippen molar-refractivity contribution in [3.63, 3.8) is 0 Å². The van der Waals surface area contributed by atoms with E-state index in [4.69, 9.17) is 32.7 Å². The van der Waals surface area contributed by atoms with E-state index in [1.54, 1.807) is 0 Å². The number of rotatable bonds is 15. The van der Waals surface area contributed by atoms with Crippen LogP contribution in [-0.4, -0.2) is 30.0 Å². The smallest absolute Gasteiger partial charge is 0.306 e. The van der Waals surface area contributed by atoms with Crippen LogP contribution in [-0.2, 0) is 19.1 Å². The minimum atomic E-state index is -0.728. The van der Waals surface area contributed by atoms with E-state index >= 15 is 0 Å². The molecule has 0 fully saturated rings. The van der Waals surface area contributed by atoms with Gasteiger partial charge in [0.25, 0.3) is 0 Å². The molecule has 0 rings (SSSR count). The average molecular weight is 407 g/mol. The molecule has 0 aliphatic rings. The number of carbonyl (C=O) groups is 2. The zero-order valence-electron chi connectivity index (χ0n) is 15.9. The second-order valence-corrected chi connectivity index (χ2v) is 7.44. The van der Waals surface area contributed by atoms with Crippen LogP contribution in [0.25, 0.3) is 0 Å². The molecular weight excluding hydrogens is 375 g/mol. The van der Waals surface area contributed by atoms with Crippen LogP contribution in [0.5, 0.6) is 0 Å². The first-order chi connectivity index (χ1) is 12.6. The lowest BCUT2D eigenvalue weighted by Crippen LogP contribution is -2.11. The quantitative estimate of drug-likeness (QED) is 0.154. The van der Waals surface area contributed by atoms with Crippen molar-refractivity contribution < 1.29 is 19.1 Å². The first kappa shape index (κ1) is 25.1. The minimum absolute atomic E-state index is 0.0408. The maximum Gasteiger partial charge on any atom is 0.306 e. The van der Waals surface area contributed by atoms with Gasteiger partial charge in [0.2, 0.25) is 0 Å². The number of hydrogen-bond donors (Lipinski definition) is 0. The Morgan fingerprint density at radius 3 is 2.00 bits per heavy atom. The summed E-state index contributed by atoms with van der Waals surface area (Å²) in [5.41, 5.74) is 0. The summed E-state index contributed by atoms with van der Waals surface area (Å²) in [5, 5.41) is 0. The number of carbonyl (C=O) groups excluding carboxylic acids is 2. The molecule has 6 heteroatoms. The van der Waals surface area contributed by atoms with Gasteiger partial charge in [0.05, 0.1) is 0 Å². The predicted octanol–water partition coefficient (Wildman–Crippen LogP) is 5.58. The van der Waals surface area contributed by atoms with Crippen LogP contribution in [0.15, 0.2) is 0 Å². The summed E-state index contributed by atoms with van der Waals surface area (Å²) < 4.78 is 9.78. The van der Waals surface area contributed by atoms with Gasteiger partial charge in [0.1, 0.15) is 11.4 Å². The molecule has 4 nitrogen and oxygen atoms in total. The highest BCUT2D eigenvalue weighted by molar-refractivity contribution is 6.44. The van der Waals surface area contributed by atoms with E-state index in [0.29, 0.717) is 6.42 Å². The van der Waals surface area contributed by atoms with E-state index < -0.39 is 10.8 Å². The summed E-state index contributed by atoms with van der Waals surface area (Å²) in [5.74, 6) is 5.10. The van der Waals surface area contributed by atoms with E-state index in [-0.39, 0.29) is 32.0 Å². The molecule has 0 radical (unpaired) electrons. The van der Waals surface area contributed by atoms with E-state index in [2.05, 4.69) is 18.8 Å². The van der Waals surface area contributed by atoms with E-state index in [9.17, 15) is 9.59 Å². The van der Waals surface area contributed by atoms with Crippen LogP contribution < -0.4 is 0 Å². The van der Waals surface area contributed by atoms with E-state index in [0.717, 1.165) is 12.8 Å². The Labute approximate surface area is 168 Å². The van der Waals surface area contributed by atoms with Crippen molar-refractivity contribution in [3.8, 4) is 11.8 Å². The molecule has 0 aromatic heterocycles. The Morgan fingerprint density at radius 2 is 1.38 bits per heavy atom. The Hall–Kier alpha value is -0.920. The molecule has 0 N–H and O–H groups in total. The molecule has 0 unspecified atom stereocenters. The highest BCUT2D eigenvalue weighted by Crippen LogP contribution is 2.09. The maximum absolute atomic E-state index is 11.5. The van der Waals surface area contributed by atoms with Gasteiger partial charge in [-0.1, -0.05) is 63.7 Å². The van der Waals surface area contributed by atoms with Gasteiger partial charge in [0.15, 0.2) is 6.61 Å². The van der Waals surface area contributed by atoms with Crippen LogP contribution in [0.3, 0.4) is 0 Å². The van der Waals surface area contributed by atoms with Gasteiger partial charge in [-0.3, -0.25) is 9.59 Å². The Kier molecular flexibility index (Phi) is 18.2. The zero-order chi connectivity index (χ0) is 19.5. The van der Waals surface area contributed by atoms with Gasteiger partial charge in [0, 0.05) is 19.3 Å². The van der Waals surface area contributed by atoms with Crippen LogP contribution >= 0.6 is 23.2 Å². The molecule has 0 saturated heterocycles. The zero-order valence-corrected chi connectivity index (χ0v) is 17.4. The third-order valence-corrected chi connectivity index (χ3v) is 3.97. The Morgan fingerprint density at radius 1 is 0.808 bits per heavy atom. The number of esters is 2. The molecule has 0 atom stereocenters. The van der Waals surface area contributed by atoms with Crippen LogP contribution in [0.1, 0.15) is 84.0 Å². The van der Waals surface area contributed by atoms with Crippen molar-refractivity contribution in [2.45, 2.75) is 88.8 Å². The number of alkyl halides is 2. The van der Waals surface area contributed by atoms with Crippen LogP contribution in [0.4, 0.5) is 0 Å². The fraction of sp³-hybridized carbons (Fsp3) is 0.800. The molecule has 0 aliphatic heterocycles. The lowest BCUT2D eigenvalue weighted by Gasteiger charge is -2.04. The largest absolute Gasteiger partial charge is 0.463 e. The third-order valence-electron chi connectivity index (χ3n) is 3.72. The highest BCUT2D eigenvalue weighted by atomic mass is 35.5. The van der Waals surface area contributed by atoms with Crippen LogP contribution in [0.2, 0.25) is 0 Å². The first-order valence-electron chi connectivity index (χ1n) is 9.61. The van der Waals surface area contributed by atoms with Crippen molar-refractivity contribution in [1.82, 2.24) is 0 Å². The molecule has 0 aliphatic carbocycles. The fourth-order valence-electron chi connectivity index (χ4n) is 2.28. The fourth-order valence-corrected chi connectivity index (χ4v) is 2.41. The second kappa shape index (κ2) is 18.9. The molecule has 0 aromatic rings. The third kappa shape index (κ3) is 19.4. The number of unbranched alkanes of at least 4 members (excludes halogenated alkanes) is 8. The summed E-state index contributed by atoms with van der Waals surface area (Å²) in [6.07, 6.45) is 11.8. The molecule has 0 heterocycles. The molecule has 0 spiro atoms. The van der Waals surface area contributed by atoms with E-state index in [1.807, 2.05) is 0 Å². The topological polar surface area (TPSA) is 52.6 Å². The van der Waals surface area contributed by atoms with Gasteiger partial charge in [-0.25, -0.2) is 0 Å². The first-order valence-corrected chi connectivity index (χ1v) is 10.5. The highest BCUT2D eigenvalue weighted by Gasteiger charge is 2.08. The predicted molar refractivity (Wildman–Crippen MR) is 106 cm³/mol. The van der Waals surface area contributed by atoms with Crippen molar-refractivity contribution in [2.24, 2.45) is 0 Å². The second-order valence-electron chi connectivity index (χ2n) is 6.17. The average Bonchev–Trinajstić information content (AvgIpc) is 2.61. The van der Waals surface area contributed by atoms with Crippen molar-refractivity contribution in [3.05, 3.63) is 0 Å². The van der Waals surface area contributed by atoms with Gasteiger partial charge in [-0.2, -0.15) is 0 Å². The summed E-state index contributed by atoms with van der Waals surface area (Å²) in [6, 6.07) is 0. The standard InChI is InChI=1S/C20H32Cl2O4/c1-2-3-4-5-6-7-8-9-10-11-12-16-25-19(23)14-13-15-20(24)26-17-18(21)22/h18H,2-10,13-17H2,1H3. The monoisotopic (exact) mass is 406 g/mol. The summed E-state index contributed by atoms with van der Waals surface area (Å²) >= 11 is 10.9. The molecule has 0 amide bonds. The lowest BCUT2D eigenvalue weighted by molar-refractivity contribution is -0.144. The molecule has 0 bridgehead atoms. The lowest BCUT2D eigenvalue weighted by atomic mass is 10.1. The molecule has 150 valence electrons. The Bertz CT molecular complexity index is 427. The van der Waals surface area contributed by atoms with Gasteiger partial charge < -0.3 is 9.47 Å². The molecule has 26 heavy (non-hydrogen) atoms. The van der Waals surface area contributed by atoms with Gasteiger partial charge in [-0.05, 0) is 12.8 Å². The number of hydrogen-bond acceptors (Lipinski definition) is 4. The maximum atomic E-state index is 11.5. The Balaban J connectivity index is 3.43. The minimum Gasteiger partial charge on any atom is -0.463 e. The normalized spacial score (nSPS) is 10.3. The van der Waals surface area contributed by atoms with Crippen molar-refractivity contribution >= 4 is 35.1 Å². The SMILES string of the molecule is CCCCCCCCCCC#CCOC(=O)CCCC(=O)OCC(Cl)Cl. The van der Waals surface area contributed by atoms with Gasteiger partial charge >= 0.3 is 11.9 Å². The van der Waals surface area contributed by atoms with Crippen molar-refractivity contribution in [1.29, 1.82) is 0 Å². The molecule has 0 aromatic carbocycles. The summed E-state index contributed by atoms with van der Waals surface area (Å²) in [7, 11) is 0. The summed E-state index contributed by atoms with van der Waals surface area (Å²) in [4.78, 5) is 22.0. The molecular formula is C20H32Cl2O4. The van der Waals surface area contributed by atoms with Gasteiger partial charge in [-0.15, -0.1) is 23.2 Å². The van der Waals surface area contributed by atoms with E-state index in [1.165, 1.54) is 44.9 Å². The number of halogens is 2. The number of ether oxygens (including phenoxy) is 2. The van der Waals surface area contributed by atoms with Crippen molar-refractivity contribution in [2.75, 3.05) is 13.2 Å². The summed E-state index contributed by atoms with van der Waals surface area (Å²) in [6.45, 7) is 2.30. The van der Waals surface area contributed by atoms with Crippen LogP contribution in [0, 0.1) is 11.8 Å². The molecule has 0 saturated carbocycles.